The lowest BCUT2D eigenvalue weighted by Crippen LogP contribution is -2.43. The van der Waals surface area contributed by atoms with E-state index < -0.39 is 0 Å². The average molecular weight is 279 g/mol. The number of carbonyl (C=O) groups is 1. The van der Waals surface area contributed by atoms with Crippen molar-refractivity contribution < 1.29 is 9.90 Å². The molecule has 0 radical (unpaired) electrons. The second-order valence-corrected chi connectivity index (χ2v) is 5.98. The Balaban J connectivity index is 0.00000289. The van der Waals surface area contributed by atoms with Gasteiger partial charge < -0.3 is 15.7 Å². The highest BCUT2D eigenvalue weighted by Crippen LogP contribution is 2.21. The van der Waals surface area contributed by atoms with Crippen molar-refractivity contribution in [3.05, 3.63) is 0 Å². The molecule has 18 heavy (non-hydrogen) atoms. The van der Waals surface area contributed by atoms with E-state index in [9.17, 15) is 9.90 Å². The minimum atomic E-state index is -0.321. The van der Waals surface area contributed by atoms with Gasteiger partial charge in [-0.25, -0.2) is 0 Å². The maximum absolute atomic E-state index is 11.9. The van der Waals surface area contributed by atoms with Gasteiger partial charge in [0.05, 0.1) is 12.0 Å². The summed E-state index contributed by atoms with van der Waals surface area (Å²) in [5.41, 5.74) is -0.0497. The van der Waals surface area contributed by atoms with Gasteiger partial charge in [0.1, 0.15) is 0 Å². The van der Waals surface area contributed by atoms with Gasteiger partial charge in [0.25, 0.3) is 0 Å². The summed E-state index contributed by atoms with van der Waals surface area (Å²) >= 11 is 0. The Hall–Kier alpha value is -0.320. The molecule has 0 saturated carbocycles. The van der Waals surface area contributed by atoms with Gasteiger partial charge in [-0.1, -0.05) is 13.8 Å². The summed E-state index contributed by atoms with van der Waals surface area (Å²) in [4.78, 5) is 11.9. The Labute approximate surface area is 116 Å². The van der Waals surface area contributed by atoms with E-state index in [1.54, 1.807) is 6.92 Å². The summed E-state index contributed by atoms with van der Waals surface area (Å²) in [7, 11) is 0. The molecule has 0 aromatic carbocycles. The molecule has 0 bridgehead atoms. The normalized spacial score (nSPS) is 21.9. The second kappa shape index (κ2) is 7.97. The highest BCUT2D eigenvalue weighted by atomic mass is 35.5. The van der Waals surface area contributed by atoms with Crippen LogP contribution in [0.2, 0.25) is 0 Å². The van der Waals surface area contributed by atoms with Crippen LogP contribution in [0.4, 0.5) is 0 Å². The maximum Gasteiger partial charge on any atom is 0.224 e. The molecular weight excluding hydrogens is 252 g/mol. The lowest BCUT2D eigenvalue weighted by molar-refractivity contribution is -0.126. The zero-order valence-electron chi connectivity index (χ0n) is 11.7. The second-order valence-electron chi connectivity index (χ2n) is 5.98. The number of hydrogen-bond donors (Lipinski definition) is 3. The minimum Gasteiger partial charge on any atom is -0.393 e. The Bertz CT molecular complexity index is 251. The zero-order chi connectivity index (χ0) is 12.9. The van der Waals surface area contributed by atoms with Crippen molar-refractivity contribution >= 4 is 18.3 Å². The molecule has 0 aromatic rings. The van der Waals surface area contributed by atoms with Crippen molar-refractivity contribution in [3.8, 4) is 0 Å². The first-order chi connectivity index (χ1) is 7.91. The topological polar surface area (TPSA) is 61.4 Å². The third-order valence-corrected chi connectivity index (χ3v) is 3.26. The van der Waals surface area contributed by atoms with Crippen LogP contribution < -0.4 is 10.6 Å². The minimum absolute atomic E-state index is 0. The van der Waals surface area contributed by atoms with E-state index in [1.165, 1.54) is 0 Å². The van der Waals surface area contributed by atoms with Crippen LogP contribution in [0.25, 0.3) is 0 Å². The number of aliphatic hydroxyl groups is 1. The quantitative estimate of drug-likeness (QED) is 0.711. The molecule has 0 aromatic heterocycles. The SMILES string of the molecule is CC(O)CC(C)(C)CNC(=O)C1CCCNC1.Cl. The van der Waals surface area contributed by atoms with Gasteiger partial charge >= 0.3 is 0 Å². The van der Waals surface area contributed by atoms with Crippen molar-refractivity contribution in [1.29, 1.82) is 0 Å². The number of halogens is 1. The van der Waals surface area contributed by atoms with E-state index in [4.69, 9.17) is 0 Å². The standard InChI is InChI=1S/C13H26N2O2.ClH/c1-10(16)7-13(2,3)9-15-12(17)11-5-4-6-14-8-11;/h10-11,14,16H,4-9H2,1-3H3,(H,15,17);1H. The molecule has 1 amide bonds. The molecule has 1 aliphatic rings. The smallest absolute Gasteiger partial charge is 0.224 e. The highest BCUT2D eigenvalue weighted by Gasteiger charge is 2.25. The molecule has 1 fully saturated rings. The van der Waals surface area contributed by atoms with Gasteiger partial charge in [0.15, 0.2) is 0 Å². The van der Waals surface area contributed by atoms with Crippen LogP contribution >= 0.6 is 12.4 Å². The van der Waals surface area contributed by atoms with Gasteiger partial charge in [0.2, 0.25) is 5.91 Å². The Morgan fingerprint density at radius 2 is 2.22 bits per heavy atom. The Kier molecular flexibility index (Phi) is 7.83. The van der Waals surface area contributed by atoms with Crippen LogP contribution in [0.3, 0.4) is 0 Å². The van der Waals surface area contributed by atoms with Gasteiger partial charge in [-0.05, 0) is 38.1 Å². The van der Waals surface area contributed by atoms with Crippen LogP contribution in [0.5, 0.6) is 0 Å². The number of rotatable bonds is 5. The molecule has 1 aliphatic heterocycles. The van der Waals surface area contributed by atoms with Crippen molar-refractivity contribution in [1.82, 2.24) is 10.6 Å². The van der Waals surface area contributed by atoms with Crippen LogP contribution in [0.15, 0.2) is 0 Å². The molecule has 1 saturated heterocycles. The first-order valence-electron chi connectivity index (χ1n) is 6.57. The summed E-state index contributed by atoms with van der Waals surface area (Å²) in [5, 5.41) is 15.6. The summed E-state index contributed by atoms with van der Waals surface area (Å²) in [6.45, 7) is 8.38. The molecule has 2 unspecified atom stereocenters. The number of amides is 1. The van der Waals surface area contributed by atoms with Gasteiger partial charge in [0, 0.05) is 13.1 Å². The molecule has 4 nitrogen and oxygen atoms in total. The third kappa shape index (κ3) is 6.57. The van der Waals surface area contributed by atoms with Gasteiger partial charge in [-0.15, -0.1) is 12.4 Å². The Morgan fingerprint density at radius 3 is 2.72 bits per heavy atom. The molecule has 0 aliphatic carbocycles. The number of aliphatic hydroxyl groups excluding tert-OH is 1. The fraction of sp³-hybridized carbons (Fsp3) is 0.923. The highest BCUT2D eigenvalue weighted by molar-refractivity contribution is 5.85. The summed E-state index contributed by atoms with van der Waals surface area (Å²) < 4.78 is 0. The summed E-state index contributed by atoms with van der Waals surface area (Å²) in [6.07, 6.45) is 2.44. The molecule has 1 rings (SSSR count). The van der Waals surface area contributed by atoms with Crippen molar-refractivity contribution in [2.75, 3.05) is 19.6 Å². The Morgan fingerprint density at radius 1 is 1.56 bits per heavy atom. The monoisotopic (exact) mass is 278 g/mol. The first-order valence-corrected chi connectivity index (χ1v) is 6.57. The van der Waals surface area contributed by atoms with Crippen molar-refractivity contribution in [2.45, 2.75) is 46.1 Å². The summed E-state index contributed by atoms with van der Waals surface area (Å²) in [5.74, 6) is 0.266. The fourth-order valence-electron chi connectivity index (χ4n) is 2.42. The zero-order valence-corrected chi connectivity index (χ0v) is 12.5. The van der Waals surface area contributed by atoms with Crippen LogP contribution in [0, 0.1) is 11.3 Å². The predicted octanol–water partition coefficient (Wildman–Crippen LogP) is 1.32. The first kappa shape index (κ1) is 17.7. The largest absolute Gasteiger partial charge is 0.393 e. The van der Waals surface area contributed by atoms with Crippen molar-refractivity contribution in [2.24, 2.45) is 11.3 Å². The van der Waals surface area contributed by atoms with Crippen LogP contribution in [0.1, 0.15) is 40.0 Å². The molecule has 1 heterocycles. The van der Waals surface area contributed by atoms with E-state index in [-0.39, 0.29) is 35.8 Å². The average Bonchev–Trinajstić information content (AvgIpc) is 2.25. The van der Waals surface area contributed by atoms with Crippen LogP contribution in [-0.4, -0.2) is 36.8 Å². The third-order valence-electron chi connectivity index (χ3n) is 3.26. The van der Waals surface area contributed by atoms with E-state index in [0.29, 0.717) is 13.0 Å². The van der Waals surface area contributed by atoms with E-state index >= 15 is 0 Å². The maximum atomic E-state index is 11.9. The van der Waals surface area contributed by atoms with Gasteiger partial charge in [-0.3, -0.25) is 4.79 Å². The lowest BCUT2D eigenvalue weighted by Gasteiger charge is -2.28. The molecule has 2 atom stereocenters. The molecule has 5 heteroatoms. The number of piperidine rings is 1. The van der Waals surface area contributed by atoms with Crippen LogP contribution in [-0.2, 0) is 4.79 Å². The lowest BCUT2D eigenvalue weighted by atomic mass is 9.86. The number of hydrogen-bond acceptors (Lipinski definition) is 3. The molecule has 3 N–H and O–H groups in total. The van der Waals surface area contributed by atoms with Gasteiger partial charge in [-0.2, -0.15) is 0 Å². The fourth-order valence-corrected chi connectivity index (χ4v) is 2.42. The number of nitrogens with one attached hydrogen (secondary N) is 2. The van der Waals surface area contributed by atoms with E-state index in [2.05, 4.69) is 24.5 Å². The summed E-state index contributed by atoms with van der Waals surface area (Å²) in [6, 6.07) is 0. The van der Waals surface area contributed by atoms with E-state index in [0.717, 1.165) is 25.9 Å². The van der Waals surface area contributed by atoms with Crippen molar-refractivity contribution in [3.63, 3.8) is 0 Å². The molecule has 108 valence electrons. The molecular formula is C13H27ClN2O2. The van der Waals surface area contributed by atoms with E-state index in [1.807, 2.05) is 0 Å². The predicted molar refractivity (Wildman–Crippen MR) is 75.9 cm³/mol. The molecule has 0 spiro atoms. The number of carbonyl (C=O) groups excluding carboxylic acids is 1.